The summed E-state index contributed by atoms with van der Waals surface area (Å²) in [7, 11) is 0. The summed E-state index contributed by atoms with van der Waals surface area (Å²) in [5, 5.41) is 10.2. The molecule has 1 aromatic rings. The Labute approximate surface area is 188 Å². The maximum atomic E-state index is 13.4. The van der Waals surface area contributed by atoms with E-state index in [1.54, 1.807) is 5.57 Å². The van der Waals surface area contributed by atoms with Gasteiger partial charge < -0.3 is 5.11 Å². The molecule has 0 radical (unpaired) electrons. The second-order valence-corrected chi connectivity index (χ2v) is 11.7. The van der Waals surface area contributed by atoms with Crippen molar-refractivity contribution in [3.05, 3.63) is 47.0 Å². The van der Waals surface area contributed by atoms with Gasteiger partial charge in [-0.15, -0.1) is 0 Å². The molecule has 1 N–H and O–H groups in total. The fraction of sp³-hybridized carbons (Fsp3) is 0.690. The normalized spacial score (nSPS) is 41.7. The lowest BCUT2D eigenvalue weighted by Gasteiger charge is -2.58. The van der Waals surface area contributed by atoms with Crippen LogP contribution < -0.4 is 0 Å². The number of benzene rings is 1. The third-order valence-electron chi connectivity index (χ3n) is 10.4. The van der Waals surface area contributed by atoms with E-state index in [1.807, 2.05) is 0 Å². The minimum absolute atomic E-state index is 0.133. The molecular formula is C29H40O2. The molecule has 0 spiro atoms. The van der Waals surface area contributed by atoms with E-state index in [9.17, 15) is 9.90 Å². The third kappa shape index (κ3) is 3.45. The number of aliphatic hydroxyl groups excluding tert-OH is 1. The Morgan fingerprint density at radius 2 is 1.87 bits per heavy atom. The van der Waals surface area contributed by atoms with Crippen LogP contribution >= 0.6 is 0 Å². The molecule has 0 amide bonds. The average molecular weight is 421 g/mol. The molecule has 0 aromatic heterocycles. The maximum Gasteiger partial charge on any atom is 0.136 e. The summed E-state index contributed by atoms with van der Waals surface area (Å²) < 4.78 is 0. The molecule has 2 nitrogen and oxygen atoms in total. The Bertz CT molecular complexity index is 884. The monoisotopic (exact) mass is 420 g/mol. The van der Waals surface area contributed by atoms with E-state index in [0.717, 1.165) is 43.9 Å². The van der Waals surface area contributed by atoms with Gasteiger partial charge in [0.1, 0.15) is 5.78 Å². The number of hydrogen-bond acceptors (Lipinski definition) is 2. The number of rotatable bonds is 4. The number of hydrogen-bond donors (Lipinski definition) is 1. The Balaban J connectivity index is 1.32. The van der Waals surface area contributed by atoms with Crippen LogP contribution in [0.3, 0.4) is 0 Å². The lowest BCUT2D eigenvalue weighted by atomic mass is 9.47. The van der Waals surface area contributed by atoms with Gasteiger partial charge in [-0.2, -0.15) is 0 Å². The number of aryl methyl sites for hydroxylation is 2. The van der Waals surface area contributed by atoms with E-state index < -0.39 is 0 Å². The fourth-order valence-corrected chi connectivity index (χ4v) is 8.49. The van der Waals surface area contributed by atoms with Crippen LogP contribution in [0.5, 0.6) is 0 Å². The van der Waals surface area contributed by atoms with E-state index in [2.05, 4.69) is 51.1 Å². The molecule has 0 saturated heterocycles. The zero-order valence-electron chi connectivity index (χ0n) is 19.7. The van der Waals surface area contributed by atoms with Gasteiger partial charge in [-0.05, 0) is 104 Å². The first kappa shape index (κ1) is 21.4. The van der Waals surface area contributed by atoms with Crippen LogP contribution in [0.25, 0.3) is 0 Å². The average Bonchev–Trinajstić information content (AvgIpc) is 3.11. The van der Waals surface area contributed by atoms with Crippen molar-refractivity contribution >= 4 is 5.78 Å². The molecule has 3 fully saturated rings. The maximum absolute atomic E-state index is 13.4. The lowest BCUT2D eigenvalue weighted by molar-refractivity contribution is -0.129. The van der Waals surface area contributed by atoms with Crippen molar-refractivity contribution in [1.29, 1.82) is 0 Å². The van der Waals surface area contributed by atoms with Gasteiger partial charge in [0.2, 0.25) is 0 Å². The Kier molecular flexibility index (Phi) is 5.44. The second kappa shape index (κ2) is 7.87. The molecule has 4 aliphatic rings. The van der Waals surface area contributed by atoms with Gasteiger partial charge in [-0.3, -0.25) is 4.79 Å². The van der Waals surface area contributed by atoms with E-state index in [4.69, 9.17) is 0 Å². The van der Waals surface area contributed by atoms with Crippen molar-refractivity contribution in [1.82, 2.24) is 0 Å². The van der Waals surface area contributed by atoms with Gasteiger partial charge >= 0.3 is 0 Å². The van der Waals surface area contributed by atoms with Crippen molar-refractivity contribution in [3.8, 4) is 0 Å². The third-order valence-corrected chi connectivity index (χ3v) is 10.4. The zero-order valence-corrected chi connectivity index (χ0v) is 19.7. The number of Topliss-reactive ketones (excluding diaryl/α,β-unsaturated/α-hetero) is 1. The number of fused-ring (bicyclic) bond motifs is 5. The van der Waals surface area contributed by atoms with Gasteiger partial charge in [0, 0.05) is 12.3 Å². The van der Waals surface area contributed by atoms with Gasteiger partial charge in [0.25, 0.3) is 0 Å². The van der Waals surface area contributed by atoms with E-state index >= 15 is 0 Å². The number of ketones is 1. The largest absolute Gasteiger partial charge is 0.393 e. The SMILES string of the molecule is Cc1ccccc1CCC(=O)C1CC[C@H]2[C@@H]3CC=C4C[C@@H](O)CC[C@]4(C)[C@H]3CC[C@]12C. The van der Waals surface area contributed by atoms with Crippen LogP contribution in [0.4, 0.5) is 0 Å². The summed E-state index contributed by atoms with van der Waals surface area (Å²) in [4.78, 5) is 13.4. The minimum atomic E-state index is -0.133. The highest BCUT2D eigenvalue weighted by molar-refractivity contribution is 5.82. The molecule has 3 saturated carbocycles. The van der Waals surface area contributed by atoms with Crippen LogP contribution in [0, 0.1) is 41.4 Å². The van der Waals surface area contributed by atoms with Gasteiger partial charge in [0.15, 0.2) is 0 Å². The van der Waals surface area contributed by atoms with Crippen LogP contribution in [-0.2, 0) is 11.2 Å². The standard InChI is InChI=1S/C29H40O2/c1-19-6-4-5-7-20(19)8-13-27(31)26-12-11-24-23-10-9-21-18-22(30)14-16-28(21,2)25(23)15-17-29(24,26)3/h4-7,9,22-26,30H,8,10-18H2,1-3H3/t22-,23-,24-,25-,26?,28-,29-/m0/s1. The van der Waals surface area contributed by atoms with Crippen molar-refractivity contribution in [2.45, 2.75) is 91.1 Å². The number of carbonyl (C=O) groups excluding carboxylic acids is 1. The molecule has 168 valence electrons. The van der Waals surface area contributed by atoms with Gasteiger partial charge in [0.05, 0.1) is 6.10 Å². The predicted molar refractivity (Wildman–Crippen MR) is 126 cm³/mol. The lowest BCUT2D eigenvalue weighted by Crippen LogP contribution is -2.51. The van der Waals surface area contributed by atoms with Crippen molar-refractivity contribution in [2.75, 3.05) is 0 Å². The molecule has 0 aliphatic heterocycles. The predicted octanol–water partition coefficient (Wildman–Crippen LogP) is 6.44. The Morgan fingerprint density at radius 1 is 1.06 bits per heavy atom. The summed E-state index contributed by atoms with van der Waals surface area (Å²) >= 11 is 0. The van der Waals surface area contributed by atoms with Crippen LogP contribution in [0.2, 0.25) is 0 Å². The van der Waals surface area contributed by atoms with Crippen molar-refractivity contribution < 1.29 is 9.90 Å². The molecular weight excluding hydrogens is 380 g/mol. The van der Waals surface area contributed by atoms with Crippen molar-refractivity contribution in [3.63, 3.8) is 0 Å². The van der Waals surface area contributed by atoms with Crippen LogP contribution in [0.15, 0.2) is 35.9 Å². The van der Waals surface area contributed by atoms with Crippen LogP contribution in [-0.4, -0.2) is 17.0 Å². The summed E-state index contributed by atoms with van der Waals surface area (Å²) in [6, 6.07) is 8.51. The number of aliphatic hydroxyl groups is 1. The highest BCUT2D eigenvalue weighted by atomic mass is 16.3. The highest BCUT2D eigenvalue weighted by Gasteiger charge is 2.59. The zero-order chi connectivity index (χ0) is 21.8. The molecule has 5 rings (SSSR count). The topological polar surface area (TPSA) is 37.3 Å². The van der Waals surface area contributed by atoms with Crippen molar-refractivity contribution in [2.24, 2.45) is 34.5 Å². The molecule has 0 heterocycles. The smallest absolute Gasteiger partial charge is 0.136 e. The van der Waals surface area contributed by atoms with E-state index in [0.29, 0.717) is 18.1 Å². The fourth-order valence-electron chi connectivity index (χ4n) is 8.49. The number of allylic oxidation sites excluding steroid dienone is 1. The molecule has 4 aliphatic carbocycles. The second-order valence-electron chi connectivity index (χ2n) is 11.7. The summed E-state index contributed by atoms with van der Waals surface area (Å²) in [5.74, 6) is 2.95. The van der Waals surface area contributed by atoms with Gasteiger partial charge in [-0.1, -0.05) is 49.8 Å². The summed E-state index contributed by atoms with van der Waals surface area (Å²) in [6.07, 6.45) is 12.9. The molecule has 31 heavy (non-hydrogen) atoms. The van der Waals surface area contributed by atoms with E-state index in [1.165, 1.54) is 36.8 Å². The van der Waals surface area contributed by atoms with E-state index in [-0.39, 0.29) is 22.9 Å². The van der Waals surface area contributed by atoms with Crippen LogP contribution in [0.1, 0.15) is 82.8 Å². The first-order chi connectivity index (χ1) is 14.8. The first-order valence-electron chi connectivity index (χ1n) is 12.8. The molecule has 2 heteroatoms. The molecule has 0 bridgehead atoms. The molecule has 7 atom stereocenters. The number of carbonyl (C=O) groups is 1. The highest BCUT2D eigenvalue weighted by Crippen LogP contribution is 2.66. The summed E-state index contributed by atoms with van der Waals surface area (Å²) in [6.45, 7) is 7.11. The van der Waals surface area contributed by atoms with Gasteiger partial charge in [-0.25, -0.2) is 0 Å². The minimum Gasteiger partial charge on any atom is -0.393 e. The summed E-state index contributed by atoms with van der Waals surface area (Å²) in [5.41, 5.74) is 4.66. The first-order valence-corrected chi connectivity index (χ1v) is 12.8. The Morgan fingerprint density at radius 3 is 2.68 bits per heavy atom. The Hall–Kier alpha value is -1.41. The molecule has 1 unspecified atom stereocenters. The molecule has 1 aromatic carbocycles. The quantitative estimate of drug-likeness (QED) is 0.569.